The summed E-state index contributed by atoms with van der Waals surface area (Å²) in [6.07, 6.45) is 0. The van der Waals surface area contributed by atoms with E-state index < -0.39 is 48.7 Å². The lowest BCUT2D eigenvalue weighted by Gasteiger charge is -2.20. The monoisotopic (exact) mass is 336 g/mol. The van der Waals surface area contributed by atoms with Gasteiger partial charge in [-0.2, -0.15) is 8.42 Å². The first kappa shape index (κ1) is 17.4. The van der Waals surface area contributed by atoms with Crippen molar-refractivity contribution in [3.63, 3.8) is 0 Å². The highest BCUT2D eigenvalue weighted by molar-refractivity contribution is 7.85. The van der Waals surface area contributed by atoms with Crippen LogP contribution >= 0.6 is 11.6 Å². The van der Waals surface area contributed by atoms with E-state index in [9.17, 15) is 18.0 Å². The Bertz CT molecular complexity index is 701. The minimum Gasteiger partial charge on any atom is -0.478 e. The van der Waals surface area contributed by atoms with Gasteiger partial charge in [-0.05, 0) is 32.9 Å². The third-order valence-electron chi connectivity index (χ3n) is 2.19. The third-order valence-corrected chi connectivity index (χ3v) is 3.43. The van der Waals surface area contributed by atoms with Gasteiger partial charge in [0.15, 0.2) is 0 Å². The maximum atomic E-state index is 12.0. The molecule has 1 aromatic carbocycles. The van der Waals surface area contributed by atoms with E-state index in [2.05, 4.69) is 0 Å². The Morgan fingerprint density at radius 1 is 1.19 bits per heavy atom. The molecule has 0 aliphatic heterocycles. The number of ether oxygens (including phenoxy) is 1. The fraction of sp³-hybridized carbons (Fsp3) is 0.333. The lowest BCUT2D eigenvalue weighted by atomic mass is 10.1. The van der Waals surface area contributed by atoms with Crippen molar-refractivity contribution < 1.29 is 32.4 Å². The molecule has 0 saturated carbocycles. The second-order valence-electron chi connectivity index (χ2n) is 5.11. The van der Waals surface area contributed by atoms with Gasteiger partial charge >= 0.3 is 11.9 Å². The predicted octanol–water partition coefficient (Wildman–Crippen LogP) is 2.24. The van der Waals surface area contributed by atoms with Crippen LogP contribution in [0.4, 0.5) is 0 Å². The molecular formula is C12H13ClO7S. The van der Waals surface area contributed by atoms with Gasteiger partial charge in [-0.15, -0.1) is 0 Å². The van der Waals surface area contributed by atoms with Crippen LogP contribution in [-0.2, 0) is 14.9 Å². The van der Waals surface area contributed by atoms with Crippen molar-refractivity contribution in [3.05, 3.63) is 28.3 Å². The first-order valence-corrected chi connectivity index (χ1v) is 7.42. The highest BCUT2D eigenvalue weighted by Crippen LogP contribution is 2.27. The van der Waals surface area contributed by atoms with Crippen molar-refractivity contribution in [3.8, 4) is 0 Å². The summed E-state index contributed by atoms with van der Waals surface area (Å²) in [4.78, 5) is 22.2. The molecule has 116 valence electrons. The Balaban J connectivity index is 3.54. The number of benzene rings is 1. The van der Waals surface area contributed by atoms with Crippen LogP contribution in [-0.4, -0.2) is 35.6 Å². The molecule has 0 unspecified atom stereocenters. The summed E-state index contributed by atoms with van der Waals surface area (Å²) in [7, 11) is -4.71. The Kier molecular flexibility index (Phi) is 4.66. The van der Waals surface area contributed by atoms with Gasteiger partial charge in [-0.25, -0.2) is 9.59 Å². The largest absolute Gasteiger partial charge is 0.478 e. The van der Waals surface area contributed by atoms with Crippen LogP contribution in [0, 0.1) is 0 Å². The molecule has 1 aromatic rings. The molecule has 0 fully saturated rings. The number of carboxylic acids is 1. The Labute approximate surface area is 126 Å². The summed E-state index contributed by atoms with van der Waals surface area (Å²) in [5, 5.41) is 8.51. The van der Waals surface area contributed by atoms with E-state index in [1.54, 1.807) is 20.8 Å². The maximum absolute atomic E-state index is 12.0. The van der Waals surface area contributed by atoms with Crippen LogP contribution in [0.2, 0.25) is 5.02 Å². The zero-order valence-corrected chi connectivity index (χ0v) is 12.9. The van der Waals surface area contributed by atoms with Gasteiger partial charge in [-0.3, -0.25) is 4.55 Å². The molecule has 0 aromatic heterocycles. The second kappa shape index (κ2) is 5.63. The molecule has 0 radical (unpaired) electrons. The number of hydrogen-bond acceptors (Lipinski definition) is 5. The van der Waals surface area contributed by atoms with Crippen molar-refractivity contribution in [2.24, 2.45) is 0 Å². The van der Waals surface area contributed by atoms with Crippen LogP contribution in [0.3, 0.4) is 0 Å². The van der Waals surface area contributed by atoms with Gasteiger partial charge in [0, 0.05) is 0 Å². The van der Waals surface area contributed by atoms with Crippen molar-refractivity contribution in [2.45, 2.75) is 31.3 Å². The number of hydrogen-bond donors (Lipinski definition) is 2. The number of esters is 1. The topological polar surface area (TPSA) is 118 Å². The van der Waals surface area contributed by atoms with Gasteiger partial charge in [0.25, 0.3) is 10.1 Å². The Hall–Kier alpha value is -1.64. The van der Waals surface area contributed by atoms with E-state index in [-0.39, 0.29) is 0 Å². The number of carbonyl (C=O) groups excluding carboxylic acids is 1. The van der Waals surface area contributed by atoms with Crippen molar-refractivity contribution in [1.29, 1.82) is 0 Å². The zero-order valence-electron chi connectivity index (χ0n) is 11.4. The molecule has 0 atom stereocenters. The maximum Gasteiger partial charge on any atom is 0.340 e. The lowest BCUT2D eigenvalue weighted by Crippen LogP contribution is -2.24. The molecule has 0 amide bonds. The zero-order chi connectivity index (χ0) is 16.6. The lowest BCUT2D eigenvalue weighted by molar-refractivity contribution is 0.00694. The number of carbonyl (C=O) groups is 2. The van der Waals surface area contributed by atoms with E-state index in [0.717, 1.165) is 6.07 Å². The van der Waals surface area contributed by atoms with Crippen molar-refractivity contribution >= 4 is 33.7 Å². The van der Waals surface area contributed by atoms with Gasteiger partial charge in [0.1, 0.15) is 5.60 Å². The summed E-state index contributed by atoms with van der Waals surface area (Å²) >= 11 is 5.79. The second-order valence-corrected chi connectivity index (χ2v) is 6.91. The number of carboxylic acid groups (broad SMARTS) is 1. The van der Waals surface area contributed by atoms with Gasteiger partial charge in [-0.1, -0.05) is 11.6 Å². The molecule has 21 heavy (non-hydrogen) atoms. The predicted molar refractivity (Wildman–Crippen MR) is 73.4 cm³/mol. The van der Waals surface area contributed by atoms with Gasteiger partial charge in [0.2, 0.25) is 0 Å². The molecule has 2 N–H and O–H groups in total. The molecule has 9 heteroatoms. The quantitative estimate of drug-likeness (QED) is 0.641. The molecule has 0 saturated heterocycles. The summed E-state index contributed by atoms with van der Waals surface area (Å²) in [6.45, 7) is 4.72. The molecule has 0 spiro atoms. The van der Waals surface area contributed by atoms with Crippen LogP contribution < -0.4 is 0 Å². The van der Waals surface area contributed by atoms with Gasteiger partial charge < -0.3 is 9.84 Å². The normalized spacial score (nSPS) is 12.0. The van der Waals surface area contributed by atoms with Crippen LogP contribution in [0.15, 0.2) is 17.0 Å². The van der Waals surface area contributed by atoms with Crippen LogP contribution in [0.25, 0.3) is 0 Å². The minimum absolute atomic E-state index is 0.459. The molecule has 7 nitrogen and oxygen atoms in total. The highest BCUT2D eigenvalue weighted by atomic mass is 35.5. The standard InChI is InChI=1S/C12H13ClO7S/c1-12(2,3)20-11(16)8-5-6(21(17,18)19)4-7(9(8)13)10(14)15/h4-5H,1-3H3,(H,14,15)(H,17,18,19). The van der Waals surface area contributed by atoms with E-state index in [1.165, 1.54) is 0 Å². The first-order valence-electron chi connectivity index (χ1n) is 5.60. The van der Waals surface area contributed by atoms with E-state index >= 15 is 0 Å². The summed E-state index contributed by atoms with van der Waals surface area (Å²) < 4.78 is 36.3. The van der Waals surface area contributed by atoms with E-state index in [4.69, 9.17) is 26.0 Å². The first-order chi connectivity index (χ1) is 9.33. The van der Waals surface area contributed by atoms with Crippen LogP contribution in [0.1, 0.15) is 41.5 Å². The highest BCUT2D eigenvalue weighted by Gasteiger charge is 2.26. The SMILES string of the molecule is CC(C)(C)OC(=O)c1cc(S(=O)(=O)O)cc(C(=O)O)c1Cl. The Morgan fingerprint density at radius 2 is 1.67 bits per heavy atom. The average Bonchev–Trinajstić information content (AvgIpc) is 2.24. The fourth-order valence-corrected chi connectivity index (χ4v) is 2.18. The smallest absolute Gasteiger partial charge is 0.340 e. The van der Waals surface area contributed by atoms with Crippen molar-refractivity contribution in [2.75, 3.05) is 0 Å². The van der Waals surface area contributed by atoms with Crippen LogP contribution in [0.5, 0.6) is 0 Å². The van der Waals surface area contributed by atoms with E-state index in [0.29, 0.717) is 6.07 Å². The third kappa shape index (κ3) is 4.42. The van der Waals surface area contributed by atoms with E-state index in [1.807, 2.05) is 0 Å². The number of halogens is 1. The molecule has 1 rings (SSSR count). The minimum atomic E-state index is -4.71. The average molecular weight is 337 g/mol. The molecule has 0 aliphatic rings. The Morgan fingerprint density at radius 3 is 2.05 bits per heavy atom. The molecular weight excluding hydrogens is 324 g/mol. The number of aromatic carboxylic acids is 1. The fourth-order valence-electron chi connectivity index (χ4n) is 1.38. The summed E-state index contributed by atoms with van der Waals surface area (Å²) in [5.74, 6) is -2.55. The van der Waals surface area contributed by atoms with Crippen molar-refractivity contribution in [1.82, 2.24) is 0 Å². The molecule has 0 heterocycles. The number of rotatable bonds is 3. The molecule has 0 aliphatic carbocycles. The summed E-state index contributed by atoms with van der Waals surface area (Å²) in [6, 6.07) is 1.42. The summed E-state index contributed by atoms with van der Waals surface area (Å²) in [5.41, 5.74) is -1.98. The molecule has 0 bridgehead atoms. The van der Waals surface area contributed by atoms with Gasteiger partial charge in [0.05, 0.1) is 21.0 Å².